The molecule has 3 rings (SSSR count). The van der Waals surface area contributed by atoms with Crippen molar-refractivity contribution >= 4 is 40.1 Å². The van der Waals surface area contributed by atoms with E-state index in [1.54, 1.807) is 31.2 Å². The second kappa shape index (κ2) is 6.78. The van der Waals surface area contributed by atoms with Crippen LogP contribution in [-0.2, 0) is 4.79 Å². The highest BCUT2D eigenvalue weighted by atomic mass is 35.5. The zero-order valence-electron chi connectivity index (χ0n) is 13.2. The number of aromatic amines is 1. The van der Waals surface area contributed by atoms with Gasteiger partial charge in [-0.2, -0.15) is 0 Å². The summed E-state index contributed by atoms with van der Waals surface area (Å²) in [7, 11) is 0. The lowest BCUT2D eigenvalue weighted by molar-refractivity contribution is -0.117. The van der Waals surface area contributed by atoms with Crippen LogP contribution in [0.1, 0.15) is 26.4 Å². The minimum absolute atomic E-state index is 0.286. The topological polar surface area (TPSA) is 91.1 Å². The summed E-state index contributed by atoms with van der Waals surface area (Å²) in [6.45, 7) is 1.72. The summed E-state index contributed by atoms with van der Waals surface area (Å²) in [4.78, 5) is 39.6. The van der Waals surface area contributed by atoms with E-state index in [0.717, 1.165) is 5.52 Å². The first-order valence-electron chi connectivity index (χ1n) is 7.45. The lowest BCUT2D eigenvalue weighted by Gasteiger charge is -2.07. The van der Waals surface area contributed by atoms with E-state index in [9.17, 15) is 14.4 Å². The van der Waals surface area contributed by atoms with E-state index in [1.165, 1.54) is 12.1 Å². The molecule has 0 atom stereocenters. The predicted octanol–water partition coefficient (Wildman–Crippen LogP) is 2.77. The number of hydrogen-bond acceptors (Lipinski definition) is 3. The zero-order valence-corrected chi connectivity index (χ0v) is 14.0. The number of para-hydroxylation sites is 1. The average Bonchev–Trinajstić information content (AvgIpc) is 2.95. The Labute approximate surface area is 148 Å². The number of ketones is 1. The third kappa shape index (κ3) is 3.39. The van der Waals surface area contributed by atoms with Gasteiger partial charge in [-0.15, -0.1) is 0 Å². The smallest absolute Gasteiger partial charge is 0.310 e. The van der Waals surface area contributed by atoms with Crippen molar-refractivity contribution in [2.45, 2.75) is 6.92 Å². The summed E-state index contributed by atoms with van der Waals surface area (Å²) >= 11 is 5.76. The van der Waals surface area contributed by atoms with Crippen LogP contribution >= 0.6 is 11.6 Å². The molecule has 0 radical (unpaired) electrons. The van der Waals surface area contributed by atoms with E-state index in [-0.39, 0.29) is 5.56 Å². The molecule has 0 aliphatic carbocycles. The van der Waals surface area contributed by atoms with Gasteiger partial charge in [0.1, 0.15) is 0 Å². The maximum Gasteiger partial charge on any atom is 0.310 e. The molecule has 126 valence electrons. The van der Waals surface area contributed by atoms with Crippen molar-refractivity contribution in [1.82, 2.24) is 15.8 Å². The maximum absolute atomic E-state index is 12.4. The normalized spacial score (nSPS) is 10.5. The summed E-state index contributed by atoms with van der Waals surface area (Å²) in [6, 6.07) is 13.3. The molecule has 0 unspecified atom stereocenters. The van der Waals surface area contributed by atoms with Gasteiger partial charge in [0.2, 0.25) is 0 Å². The summed E-state index contributed by atoms with van der Waals surface area (Å²) in [5.74, 6) is -2.20. The van der Waals surface area contributed by atoms with Gasteiger partial charge in [-0.05, 0) is 37.3 Å². The molecule has 0 aliphatic heterocycles. The molecule has 25 heavy (non-hydrogen) atoms. The Morgan fingerprint density at radius 3 is 2.36 bits per heavy atom. The standard InChI is InChI=1S/C18H14ClN3O3/c1-10-15(13-4-2-3-5-14(13)20-10)16(23)18(25)22-21-17(24)11-6-8-12(19)9-7-11/h2-9,20H,1H3,(H,21,24)(H,22,25). The van der Waals surface area contributed by atoms with Crippen LogP contribution in [0.2, 0.25) is 5.02 Å². The third-order valence-electron chi connectivity index (χ3n) is 3.72. The number of amides is 2. The second-order valence-corrected chi connectivity index (χ2v) is 5.85. The Kier molecular flexibility index (Phi) is 4.54. The molecule has 0 saturated heterocycles. The SMILES string of the molecule is Cc1[nH]c2ccccc2c1C(=O)C(=O)NNC(=O)c1ccc(Cl)cc1. The number of rotatable bonds is 3. The first kappa shape index (κ1) is 16.7. The van der Waals surface area contributed by atoms with Crippen LogP contribution in [-0.4, -0.2) is 22.6 Å². The largest absolute Gasteiger partial charge is 0.358 e. The number of nitrogens with one attached hydrogen (secondary N) is 3. The highest BCUT2D eigenvalue weighted by Crippen LogP contribution is 2.22. The van der Waals surface area contributed by atoms with Gasteiger partial charge in [-0.25, -0.2) is 0 Å². The lowest BCUT2D eigenvalue weighted by Crippen LogP contribution is -2.45. The highest BCUT2D eigenvalue weighted by Gasteiger charge is 2.23. The zero-order chi connectivity index (χ0) is 18.0. The van der Waals surface area contributed by atoms with Crippen LogP contribution in [0.25, 0.3) is 10.9 Å². The molecule has 2 amide bonds. The molecular weight excluding hydrogens is 342 g/mol. The number of Topliss-reactive ketones (excluding diaryl/α,β-unsaturated/α-hetero) is 1. The van der Waals surface area contributed by atoms with E-state index in [0.29, 0.717) is 21.7 Å². The molecule has 0 fully saturated rings. The summed E-state index contributed by atoms with van der Waals surface area (Å²) in [5, 5.41) is 1.15. The summed E-state index contributed by atoms with van der Waals surface area (Å²) < 4.78 is 0. The fourth-order valence-electron chi connectivity index (χ4n) is 2.53. The van der Waals surface area contributed by atoms with Crippen LogP contribution in [0, 0.1) is 6.92 Å². The van der Waals surface area contributed by atoms with Crippen molar-refractivity contribution in [3.8, 4) is 0 Å². The van der Waals surface area contributed by atoms with Crippen molar-refractivity contribution in [2.24, 2.45) is 0 Å². The van der Waals surface area contributed by atoms with Gasteiger partial charge in [-0.3, -0.25) is 25.2 Å². The Balaban J connectivity index is 1.72. The Morgan fingerprint density at radius 1 is 0.960 bits per heavy atom. The Hall–Kier alpha value is -3.12. The molecule has 1 aromatic heterocycles. The fraction of sp³-hybridized carbons (Fsp3) is 0.0556. The lowest BCUT2D eigenvalue weighted by atomic mass is 10.1. The summed E-state index contributed by atoms with van der Waals surface area (Å²) in [5.41, 5.74) is 6.30. The van der Waals surface area contributed by atoms with Crippen LogP contribution in [0.3, 0.4) is 0 Å². The number of carbonyl (C=O) groups is 3. The van der Waals surface area contributed by atoms with Gasteiger partial charge in [0.25, 0.3) is 11.7 Å². The van der Waals surface area contributed by atoms with Gasteiger partial charge in [0.15, 0.2) is 0 Å². The summed E-state index contributed by atoms with van der Waals surface area (Å²) in [6.07, 6.45) is 0. The molecule has 6 nitrogen and oxygen atoms in total. The van der Waals surface area contributed by atoms with Crippen LogP contribution in [0.15, 0.2) is 48.5 Å². The van der Waals surface area contributed by atoms with E-state index < -0.39 is 17.6 Å². The number of halogens is 1. The van der Waals surface area contributed by atoms with Gasteiger partial charge in [0.05, 0.1) is 5.56 Å². The number of carbonyl (C=O) groups excluding carboxylic acids is 3. The first-order valence-corrected chi connectivity index (χ1v) is 7.83. The Morgan fingerprint density at radius 2 is 1.64 bits per heavy atom. The number of fused-ring (bicyclic) bond motifs is 1. The minimum Gasteiger partial charge on any atom is -0.358 e. The van der Waals surface area contributed by atoms with Gasteiger partial charge in [-0.1, -0.05) is 29.8 Å². The fourth-order valence-corrected chi connectivity index (χ4v) is 2.65. The van der Waals surface area contributed by atoms with Crippen LogP contribution in [0.5, 0.6) is 0 Å². The number of aromatic nitrogens is 1. The van der Waals surface area contributed by atoms with Crippen LogP contribution in [0.4, 0.5) is 0 Å². The van der Waals surface area contributed by atoms with E-state index in [2.05, 4.69) is 15.8 Å². The highest BCUT2D eigenvalue weighted by molar-refractivity contribution is 6.45. The minimum atomic E-state index is -0.921. The molecule has 0 aliphatic rings. The number of H-pyrrole nitrogens is 1. The molecule has 3 aromatic rings. The van der Waals surface area contributed by atoms with Crippen molar-refractivity contribution in [2.75, 3.05) is 0 Å². The van der Waals surface area contributed by atoms with Gasteiger partial charge >= 0.3 is 5.91 Å². The molecule has 2 aromatic carbocycles. The van der Waals surface area contributed by atoms with E-state index >= 15 is 0 Å². The quantitative estimate of drug-likeness (QED) is 0.383. The molecule has 1 heterocycles. The van der Waals surface area contributed by atoms with Gasteiger partial charge < -0.3 is 4.98 Å². The van der Waals surface area contributed by atoms with E-state index in [4.69, 9.17) is 11.6 Å². The van der Waals surface area contributed by atoms with Crippen molar-refractivity contribution in [3.05, 3.63) is 70.4 Å². The number of hydrogen-bond donors (Lipinski definition) is 3. The van der Waals surface area contributed by atoms with Crippen LogP contribution < -0.4 is 10.9 Å². The Bertz CT molecular complexity index is 977. The second-order valence-electron chi connectivity index (χ2n) is 5.41. The predicted molar refractivity (Wildman–Crippen MR) is 94.4 cm³/mol. The number of aryl methyl sites for hydroxylation is 1. The maximum atomic E-state index is 12.4. The molecule has 0 saturated carbocycles. The third-order valence-corrected chi connectivity index (χ3v) is 3.97. The molecule has 0 bridgehead atoms. The molecular formula is C18H14ClN3O3. The van der Waals surface area contributed by atoms with Gasteiger partial charge in [0, 0.05) is 27.2 Å². The first-order chi connectivity index (χ1) is 12.0. The van der Waals surface area contributed by atoms with Crippen molar-refractivity contribution < 1.29 is 14.4 Å². The number of hydrazine groups is 1. The molecule has 7 heteroatoms. The number of benzene rings is 2. The average molecular weight is 356 g/mol. The van der Waals surface area contributed by atoms with Crippen molar-refractivity contribution in [3.63, 3.8) is 0 Å². The molecule has 3 N–H and O–H groups in total. The molecule has 0 spiro atoms. The van der Waals surface area contributed by atoms with E-state index in [1.807, 2.05) is 12.1 Å². The monoisotopic (exact) mass is 355 g/mol. The van der Waals surface area contributed by atoms with Crippen molar-refractivity contribution in [1.29, 1.82) is 0 Å².